The Bertz CT molecular complexity index is 3230. The van der Waals surface area contributed by atoms with E-state index in [2.05, 4.69) is 129 Å². The average molecular weight is 1060 g/mol. The smallest absolute Gasteiger partial charge is 0.283 e. The van der Waals surface area contributed by atoms with Gasteiger partial charge in [-0.2, -0.15) is 0 Å². The zero-order chi connectivity index (χ0) is 51.1. The molecule has 0 saturated heterocycles. The number of rotatable bonds is 6. The van der Waals surface area contributed by atoms with Gasteiger partial charge in [0, 0.05) is 101 Å². The van der Waals surface area contributed by atoms with Crippen molar-refractivity contribution in [3.63, 3.8) is 0 Å². The maximum Gasteiger partial charge on any atom is 0.283 e. The van der Waals surface area contributed by atoms with Crippen LogP contribution in [0.15, 0.2) is 105 Å². The Labute approximate surface area is 450 Å². The SMILES string of the molecule is CC#Cc1cncc(-c2csc(C3(C)CC4(CC4)OC(N)=N3)c2)c1.CC#Cc1cncc(-c2csc(C3(C)CC4(CC4)SC(N)=N3)c2)c1.CC#Cc1cncc(-c2csc(C3(C)CC4(CCC4)SC(N)=N3)c2)c1. The number of thiophene rings is 3. The molecule has 0 amide bonds. The molecule has 6 aromatic heterocycles. The summed E-state index contributed by atoms with van der Waals surface area (Å²) in [5, 5.41) is 8.01. The molecule has 3 atom stereocenters. The van der Waals surface area contributed by atoms with Crippen LogP contribution < -0.4 is 17.2 Å². The first-order chi connectivity index (χ1) is 35.1. The van der Waals surface area contributed by atoms with Gasteiger partial charge in [0.25, 0.3) is 6.02 Å². The largest absolute Gasteiger partial charge is 0.459 e. The summed E-state index contributed by atoms with van der Waals surface area (Å²) in [6, 6.07) is 13.3. The van der Waals surface area contributed by atoms with Crippen molar-refractivity contribution in [2.75, 3.05) is 0 Å². The monoisotopic (exact) mass is 1060 g/mol. The van der Waals surface area contributed by atoms with Crippen molar-refractivity contribution >= 4 is 73.9 Å². The third kappa shape index (κ3) is 11.2. The van der Waals surface area contributed by atoms with Crippen LogP contribution in [0.25, 0.3) is 33.4 Å². The number of pyridine rings is 3. The van der Waals surface area contributed by atoms with E-state index in [4.69, 9.17) is 31.9 Å². The summed E-state index contributed by atoms with van der Waals surface area (Å²) in [7, 11) is 0. The summed E-state index contributed by atoms with van der Waals surface area (Å²) in [6.45, 7) is 12.1. The molecule has 6 N–H and O–H groups in total. The van der Waals surface area contributed by atoms with Crippen LogP contribution in [-0.4, -0.2) is 46.4 Å². The quantitative estimate of drug-likeness (QED) is 0.138. The topological polar surface area (TPSA) is 163 Å². The van der Waals surface area contributed by atoms with E-state index in [9.17, 15) is 0 Å². The number of ether oxygens (including phenoxy) is 1. The van der Waals surface area contributed by atoms with Gasteiger partial charge in [0.15, 0.2) is 10.3 Å². The first kappa shape index (κ1) is 50.7. The number of amidine groups is 3. The van der Waals surface area contributed by atoms with E-state index >= 15 is 0 Å². The Morgan fingerprint density at radius 1 is 0.466 bits per heavy atom. The minimum absolute atomic E-state index is 0.0804. The lowest BCUT2D eigenvalue weighted by Crippen LogP contribution is -2.45. The van der Waals surface area contributed by atoms with E-state index in [1.54, 1.807) is 76.1 Å². The molecule has 10 nitrogen and oxygen atoms in total. The number of hydrogen-bond donors (Lipinski definition) is 3. The fourth-order valence-electron chi connectivity index (χ4n) is 10.4. The zero-order valence-corrected chi connectivity index (χ0v) is 46.2. The average Bonchev–Trinajstić information content (AvgIpc) is 3.90. The van der Waals surface area contributed by atoms with Gasteiger partial charge in [0.05, 0.1) is 11.1 Å². The highest BCUT2D eigenvalue weighted by atomic mass is 32.2. The van der Waals surface area contributed by atoms with Crippen molar-refractivity contribution in [3.8, 4) is 68.9 Å². The molecule has 3 unspecified atom stereocenters. The Morgan fingerprint density at radius 2 is 0.849 bits per heavy atom. The second-order valence-electron chi connectivity index (χ2n) is 20.5. The van der Waals surface area contributed by atoms with Crippen LogP contribution in [0.1, 0.15) is 137 Å². The number of aliphatic imine (C=N–C) groups is 3. The first-order valence-electron chi connectivity index (χ1n) is 24.6. The molecule has 0 aromatic carbocycles. The highest BCUT2D eigenvalue weighted by Crippen LogP contribution is 2.60. The molecule has 9 heterocycles. The lowest BCUT2D eigenvalue weighted by molar-refractivity contribution is 0.0985. The Morgan fingerprint density at radius 3 is 1.19 bits per heavy atom. The molecular formula is C58H59N9OS5. The van der Waals surface area contributed by atoms with Gasteiger partial charge in [0.2, 0.25) is 0 Å². The van der Waals surface area contributed by atoms with E-state index < -0.39 is 0 Å². The van der Waals surface area contributed by atoms with Gasteiger partial charge < -0.3 is 21.9 Å². The molecule has 3 aliphatic carbocycles. The number of hydrogen-bond acceptors (Lipinski definition) is 15. The van der Waals surface area contributed by atoms with Crippen molar-refractivity contribution in [1.82, 2.24) is 15.0 Å². The lowest BCUT2D eigenvalue weighted by Gasteiger charge is -2.48. The van der Waals surface area contributed by atoms with Crippen molar-refractivity contribution < 1.29 is 4.74 Å². The second-order valence-corrected chi connectivity index (χ2v) is 26.2. The first-order valence-corrected chi connectivity index (χ1v) is 28.9. The number of nitrogens with two attached hydrogens (primary N) is 3. The van der Waals surface area contributed by atoms with Crippen molar-refractivity contribution in [2.24, 2.45) is 32.2 Å². The van der Waals surface area contributed by atoms with E-state index in [-0.39, 0.29) is 22.2 Å². The van der Waals surface area contributed by atoms with Gasteiger partial charge >= 0.3 is 0 Å². The van der Waals surface area contributed by atoms with E-state index in [1.807, 2.05) is 39.4 Å². The van der Waals surface area contributed by atoms with Crippen LogP contribution in [0.3, 0.4) is 0 Å². The van der Waals surface area contributed by atoms with Crippen molar-refractivity contribution in [2.45, 2.75) is 137 Å². The molecule has 372 valence electrons. The summed E-state index contributed by atoms with van der Waals surface area (Å²) in [6.07, 6.45) is 22.6. The second kappa shape index (κ2) is 20.1. The van der Waals surface area contributed by atoms with E-state index in [0.717, 1.165) is 81.4 Å². The van der Waals surface area contributed by atoms with Gasteiger partial charge in [0.1, 0.15) is 11.1 Å². The fourth-order valence-corrected chi connectivity index (χ4v) is 16.4. The molecule has 73 heavy (non-hydrogen) atoms. The lowest BCUT2D eigenvalue weighted by atomic mass is 9.75. The Kier molecular flexibility index (Phi) is 14.0. The minimum atomic E-state index is -0.310. The maximum absolute atomic E-state index is 6.20. The van der Waals surface area contributed by atoms with Crippen molar-refractivity contribution in [1.29, 1.82) is 0 Å². The van der Waals surface area contributed by atoms with Crippen LogP contribution in [0.5, 0.6) is 0 Å². The molecule has 6 aliphatic rings. The van der Waals surface area contributed by atoms with Gasteiger partial charge in [-0.3, -0.25) is 24.9 Å². The van der Waals surface area contributed by atoms with E-state index in [0.29, 0.717) is 15.5 Å². The van der Waals surface area contributed by atoms with Gasteiger partial charge in [-0.15, -0.1) is 51.8 Å². The predicted molar refractivity (Wildman–Crippen MR) is 308 cm³/mol. The van der Waals surface area contributed by atoms with Crippen LogP contribution in [0.2, 0.25) is 0 Å². The number of aromatic nitrogens is 3. The summed E-state index contributed by atoms with van der Waals surface area (Å²) in [5.41, 5.74) is 27.1. The maximum atomic E-state index is 6.20. The summed E-state index contributed by atoms with van der Waals surface area (Å²) in [5.74, 6) is 18.0. The highest BCUT2D eigenvalue weighted by molar-refractivity contribution is 8.15. The normalized spacial score (nSPS) is 24.1. The molecule has 15 heteroatoms. The third-order valence-electron chi connectivity index (χ3n) is 14.3. The number of nitrogens with zero attached hydrogens (tertiary/aromatic N) is 6. The standard InChI is InChI=1S/C20H21N3S2.C19H19N3OS.C19H19N3S2/c1-3-5-14-8-15(11-22-10-14)16-9-17(24-12-16)19(2)13-20(6-4-7-20)25-18(21)23-19;1-3-4-13-7-14(10-21-9-13)15-8-16(24-11-15)18(2)12-19(5-6-19)23-17(20)22-18;1-3-4-13-7-14(10-21-9-13)15-8-16(23-11-15)18(2)12-19(5-6-19)24-17(20)22-18/h8-12H,4,6-7,13H2,1-2H3,(H2,21,23);2*7-11H,5-6,12H2,1-2H3,(H2,20,22). The molecule has 3 saturated carbocycles. The fraction of sp³-hybridized carbons (Fsp3) is 0.379. The molecule has 3 spiro atoms. The molecule has 6 aromatic rings. The van der Waals surface area contributed by atoms with Crippen molar-refractivity contribution in [3.05, 3.63) is 121 Å². The Balaban J connectivity index is 0.000000126. The molecule has 3 fully saturated rings. The van der Waals surface area contributed by atoms with Crippen LogP contribution in [0.4, 0.5) is 0 Å². The summed E-state index contributed by atoms with van der Waals surface area (Å²) >= 11 is 8.81. The van der Waals surface area contributed by atoms with E-state index in [1.165, 1.54) is 57.9 Å². The highest BCUT2D eigenvalue weighted by Gasteiger charge is 2.55. The predicted octanol–water partition coefficient (Wildman–Crippen LogP) is 12.8. The summed E-state index contributed by atoms with van der Waals surface area (Å²) in [4.78, 5) is 31.0. The minimum Gasteiger partial charge on any atom is -0.459 e. The third-order valence-corrected chi connectivity index (χ3v) is 20.4. The zero-order valence-electron chi connectivity index (χ0n) is 42.1. The van der Waals surface area contributed by atoms with Gasteiger partial charge in [-0.25, -0.2) is 4.99 Å². The number of thioether (sulfide) groups is 2. The van der Waals surface area contributed by atoms with Crippen LogP contribution >= 0.6 is 57.5 Å². The van der Waals surface area contributed by atoms with Crippen LogP contribution in [0, 0.1) is 35.5 Å². The van der Waals surface area contributed by atoms with Crippen LogP contribution in [-0.2, 0) is 21.4 Å². The molecule has 0 bridgehead atoms. The molecule has 3 aliphatic heterocycles. The Hall–Kier alpha value is -5.86. The molecular weight excluding hydrogens is 999 g/mol. The molecule has 0 radical (unpaired) electrons. The molecule has 12 rings (SSSR count). The van der Waals surface area contributed by atoms with Gasteiger partial charge in [-0.05, 0) is 162 Å². The summed E-state index contributed by atoms with van der Waals surface area (Å²) < 4.78 is 6.39. The van der Waals surface area contributed by atoms with Gasteiger partial charge in [-0.1, -0.05) is 47.7 Å².